The number of sulfonamides is 1. The number of carbonyl (C=O) groups excluding carboxylic acids is 1. The van der Waals surface area contributed by atoms with Crippen molar-refractivity contribution < 1.29 is 13.2 Å². The Labute approximate surface area is 170 Å². The van der Waals surface area contributed by atoms with Crippen LogP contribution in [0.15, 0.2) is 23.0 Å². The second-order valence-corrected chi connectivity index (χ2v) is 8.13. The average molecular weight is 447 g/mol. The third kappa shape index (κ3) is 6.22. The Morgan fingerprint density at radius 1 is 1.29 bits per heavy atom. The number of amides is 1. The third-order valence-electron chi connectivity index (χ3n) is 3.25. The molecule has 0 saturated carbocycles. The molecule has 0 radical (unpaired) electrons. The molecular formula is C15H16Cl2N6O4S. The Morgan fingerprint density at radius 2 is 2.00 bits per heavy atom. The number of hydrogen-bond donors (Lipinski definition) is 5. The van der Waals surface area contributed by atoms with Gasteiger partial charge >= 0.3 is 0 Å². The van der Waals surface area contributed by atoms with Crippen LogP contribution in [0.3, 0.4) is 0 Å². The van der Waals surface area contributed by atoms with Gasteiger partial charge in [-0.3, -0.25) is 19.3 Å². The van der Waals surface area contributed by atoms with E-state index in [2.05, 4.69) is 20.6 Å². The molecule has 0 spiro atoms. The molecule has 0 aliphatic heterocycles. The number of hydrogen-bond acceptors (Lipinski definition) is 8. The lowest BCUT2D eigenvalue weighted by Crippen LogP contribution is -2.35. The minimum Gasteiger partial charge on any atom is -0.370 e. The first-order valence-corrected chi connectivity index (χ1v) is 10.3. The molecule has 0 unspecified atom stereocenters. The minimum absolute atomic E-state index is 0.0347. The van der Waals surface area contributed by atoms with E-state index in [1.54, 1.807) is 22.9 Å². The van der Waals surface area contributed by atoms with Crippen molar-refractivity contribution >= 4 is 57.0 Å². The van der Waals surface area contributed by atoms with E-state index in [0.29, 0.717) is 10.0 Å². The zero-order valence-electron chi connectivity index (χ0n) is 14.5. The van der Waals surface area contributed by atoms with Gasteiger partial charge in [-0.15, -0.1) is 0 Å². The molecule has 0 saturated heterocycles. The summed E-state index contributed by atoms with van der Waals surface area (Å²) in [4.78, 5) is 30.3. The first-order valence-electron chi connectivity index (χ1n) is 7.66. The number of anilines is 2. The van der Waals surface area contributed by atoms with Crippen LogP contribution in [0.25, 0.3) is 0 Å². The fourth-order valence-corrected chi connectivity index (χ4v) is 2.90. The molecule has 13 heteroatoms. The number of halogens is 2. The van der Waals surface area contributed by atoms with E-state index in [4.69, 9.17) is 28.6 Å². The molecule has 0 bridgehead atoms. The number of H-pyrrole nitrogens is 1. The van der Waals surface area contributed by atoms with Gasteiger partial charge in [-0.1, -0.05) is 29.3 Å². The van der Waals surface area contributed by atoms with Crippen molar-refractivity contribution in [3.8, 4) is 0 Å². The van der Waals surface area contributed by atoms with Crippen LogP contribution in [0.1, 0.15) is 11.3 Å². The third-order valence-corrected chi connectivity index (χ3v) is 4.59. The highest BCUT2D eigenvalue weighted by molar-refractivity contribution is 7.89. The molecule has 28 heavy (non-hydrogen) atoms. The van der Waals surface area contributed by atoms with Crippen LogP contribution >= 0.6 is 23.2 Å². The van der Waals surface area contributed by atoms with Gasteiger partial charge in [-0.05, 0) is 17.7 Å². The molecule has 1 heterocycles. The number of carbonyl (C=O) groups is 1. The SMILES string of the molecule is CS(=O)(=O)NC(=O)CNc1c(C=N)nc(NCc2ccc(Cl)c(Cl)c2)[nH]c1=O. The molecule has 0 aliphatic rings. The second-order valence-electron chi connectivity index (χ2n) is 5.57. The normalized spacial score (nSPS) is 11.0. The number of nitrogens with zero attached hydrogens (tertiary/aromatic N) is 1. The largest absolute Gasteiger partial charge is 0.370 e. The summed E-state index contributed by atoms with van der Waals surface area (Å²) in [5.74, 6) is -0.764. The van der Waals surface area contributed by atoms with Gasteiger partial charge in [-0.25, -0.2) is 13.4 Å². The summed E-state index contributed by atoms with van der Waals surface area (Å²) in [6, 6.07) is 5.03. The number of aromatic nitrogens is 2. The van der Waals surface area contributed by atoms with Gasteiger partial charge in [0.05, 0.1) is 22.8 Å². The smallest absolute Gasteiger partial charge is 0.276 e. The van der Waals surface area contributed by atoms with Crippen LogP contribution in [-0.2, 0) is 21.4 Å². The van der Waals surface area contributed by atoms with E-state index in [0.717, 1.165) is 18.0 Å². The summed E-state index contributed by atoms with van der Waals surface area (Å²) in [7, 11) is -3.71. The van der Waals surface area contributed by atoms with Crippen molar-refractivity contribution in [1.29, 1.82) is 5.41 Å². The lowest BCUT2D eigenvalue weighted by molar-refractivity contribution is -0.117. The van der Waals surface area contributed by atoms with E-state index >= 15 is 0 Å². The predicted octanol–water partition coefficient (Wildman–Crippen LogP) is 1.17. The highest BCUT2D eigenvalue weighted by Crippen LogP contribution is 2.22. The molecule has 10 nitrogen and oxygen atoms in total. The maximum Gasteiger partial charge on any atom is 0.276 e. The van der Waals surface area contributed by atoms with Crippen molar-refractivity contribution in [3.05, 3.63) is 49.9 Å². The van der Waals surface area contributed by atoms with Crippen LogP contribution in [0.4, 0.5) is 11.6 Å². The Bertz CT molecular complexity index is 1070. The number of benzene rings is 1. The molecule has 5 N–H and O–H groups in total. The standard InChI is InChI=1S/C15H16Cl2N6O4S/c1-28(26,27)23-12(24)7-19-13-11(5-18)21-15(22-14(13)25)20-6-8-2-3-9(16)10(17)4-8/h2-5,18-19H,6-7H2,1H3,(H,23,24)(H2,20,21,22,25). The first kappa shape index (κ1) is 21.7. The molecule has 1 aromatic carbocycles. The Balaban J connectivity index is 2.11. The molecule has 0 fully saturated rings. The lowest BCUT2D eigenvalue weighted by atomic mass is 10.2. The summed E-state index contributed by atoms with van der Waals surface area (Å²) >= 11 is 11.8. The van der Waals surface area contributed by atoms with E-state index in [1.165, 1.54) is 0 Å². The van der Waals surface area contributed by atoms with Gasteiger partial charge in [0.15, 0.2) is 0 Å². The fraction of sp³-hybridized carbons (Fsp3) is 0.200. The second kappa shape index (κ2) is 9.04. The number of nitrogens with one attached hydrogen (secondary N) is 5. The summed E-state index contributed by atoms with van der Waals surface area (Å²) in [5, 5.41) is 13.6. The maximum atomic E-state index is 12.2. The highest BCUT2D eigenvalue weighted by atomic mass is 35.5. The maximum absolute atomic E-state index is 12.2. The molecule has 0 atom stereocenters. The monoisotopic (exact) mass is 446 g/mol. The van der Waals surface area contributed by atoms with Gasteiger partial charge in [0, 0.05) is 12.8 Å². The van der Waals surface area contributed by atoms with Crippen LogP contribution in [0.5, 0.6) is 0 Å². The van der Waals surface area contributed by atoms with E-state index in [1.807, 2.05) is 0 Å². The van der Waals surface area contributed by atoms with Crippen LogP contribution in [-0.4, -0.2) is 43.3 Å². The van der Waals surface area contributed by atoms with Crippen molar-refractivity contribution in [1.82, 2.24) is 14.7 Å². The van der Waals surface area contributed by atoms with Gasteiger partial charge in [0.1, 0.15) is 11.4 Å². The average Bonchev–Trinajstić information content (AvgIpc) is 2.59. The Morgan fingerprint density at radius 3 is 2.61 bits per heavy atom. The van der Waals surface area contributed by atoms with E-state index in [-0.39, 0.29) is 23.9 Å². The van der Waals surface area contributed by atoms with Crippen LogP contribution in [0.2, 0.25) is 10.0 Å². The molecular weight excluding hydrogens is 431 g/mol. The van der Waals surface area contributed by atoms with Crippen molar-refractivity contribution in [2.75, 3.05) is 23.4 Å². The zero-order valence-corrected chi connectivity index (χ0v) is 16.8. The predicted molar refractivity (Wildman–Crippen MR) is 108 cm³/mol. The topological polar surface area (TPSA) is 157 Å². The molecule has 1 aromatic heterocycles. The zero-order chi connectivity index (χ0) is 20.9. The molecule has 2 rings (SSSR count). The van der Waals surface area contributed by atoms with Crippen molar-refractivity contribution in [2.24, 2.45) is 0 Å². The summed E-state index contributed by atoms with van der Waals surface area (Å²) in [5.41, 5.74) is -0.0309. The summed E-state index contributed by atoms with van der Waals surface area (Å²) < 4.78 is 23.8. The molecule has 1 amide bonds. The fourth-order valence-electron chi connectivity index (χ4n) is 2.10. The van der Waals surface area contributed by atoms with Crippen LogP contribution in [0, 0.1) is 5.41 Å². The molecule has 0 aliphatic carbocycles. The molecule has 150 valence electrons. The van der Waals surface area contributed by atoms with Crippen molar-refractivity contribution in [2.45, 2.75) is 6.54 Å². The van der Waals surface area contributed by atoms with Gasteiger partial charge < -0.3 is 16.0 Å². The quantitative estimate of drug-likeness (QED) is 0.380. The number of rotatable bonds is 8. The van der Waals surface area contributed by atoms with E-state index in [9.17, 15) is 18.0 Å². The Kier molecular flexibility index (Phi) is 7.00. The summed E-state index contributed by atoms with van der Waals surface area (Å²) in [6.45, 7) is -0.213. The minimum atomic E-state index is -3.71. The molecule has 2 aromatic rings. The van der Waals surface area contributed by atoms with Gasteiger partial charge in [0.2, 0.25) is 16.0 Å². The summed E-state index contributed by atoms with van der Waals surface area (Å²) in [6.07, 6.45) is 1.66. The first-order chi connectivity index (χ1) is 13.1. The van der Waals surface area contributed by atoms with Crippen molar-refractivity contribution in [3.63, 3.8) is 0 Å². The number of aromatic amines is 1. The van der Waals surface area contributed by atoms with Gasteiger partial charge in [-0.2, -0.15) is 0 Å². The Hall–Kier alpha value is -2.63. The van der Waals surface area contributed by atoms with Gasteiger partial charge in [0.25, 0.3) is 11.5 Å². The van der Waals surface area contributed by atoms with E-state index < -0.39 is 28.0 Å². The lowest BCUT2D eigenvalue weighted by Gasteiger charge is -2.11. The highest BCUT2D eigenvalue weighted by Gasteiger charge is 2.13. The van der Waals surface area contributed by atoms with Crippen LogP contribution < -0.4 is 20.9 Å².